The lowest BCUT2D eigenvalue weighted by Gasteiger charge is -2.36. The minimum Gasteiger partial charge on any atom is -0.390 e. The smallest absolute Gasteiger partial charge is 0.252 e. The van der Waals surface area contributed by atoms with E-state index < -0.39 is 12.2 Å². The normalized spacial score (nSPS) is 29.2. The fourth-order valence-corrected chi connectivity index (χ4v) is 4.92. The summed E-state index contributed by atoms with van der Waals surface area (Å²) in [5.74, 6) is -0.115. The molecule has 1 aromatic rings. The highest BCUT2D eigenvalue weighted by Gasteiger charge is 2.36. The predicted octanol–water partition coefficient (Wildman–Crippen LogP) is 2.79. The minimum absolute atomic E-state index is 0.0580. The third kappa shape index (κ3) is 4.94. The number of nitrogens with zero attached hydrogens (tertiary/aromatic N) is 1. The van der Waals surface area contributed by atoms with E-state index in [-0.39, 0.29) is 18.1 Å². The van der Waals surface area contributed by atoms with Gasteiger partial charge in [0.2, 0.25) is 0 Å². The summed E-state index contributed by atoms with van der Waals surface area (Å²) in [6.07, 6.45) is 7.90. The number of carbonyl (C=O) groups excluding carboxylic acids is 1. The van der Waals surface area contributed by atoms with Crippen LogP contribution in [0.25, 0.3) is 0 Å². The van der Waals surface area contributed by atoms with Gasteiger partial charge in [-0.1, -0.05) is 43.5 Å². The molecule has 2 aliphatic heterocycles. The summed E-state index contributed by atoms with van der Waals surface area (Å²) in [5, 5.41) is 13.4. The summed E-state index contributed by atoms with van der Waals surface area (Å²) in [4.78, 5) is 15.1. The molecule has 4 rings (SSSR count). The molecule has 2 fully saturated rings. The molecule has 0 bridgehead atoms. The molecule has 2 heterocycles. The van der Waals surface area contributed by atoms with Crippen molar-refractivity contribution in [2.24, 2.45) is 0 Å². The molecule has 0 radical (unpaired) electrons. The fourth-order valence-electron chi connectivity index (χ4n) is 4.92. The average molecular weight is 387 g/mol. The van der Waals surface area contributed by atoms with Crippen molar-refractivity contribution < 1.29 is 14.6 Å². The molecule has 1 aliphatic carbocycles. The van der Waals surface area contributed by atoms with Crippen LogP contribution in [-0.4, -0.2) is 53.4 Å². The van der Waals surface area contributed by atoms with Crippen molar-refractivity contribution in [2.75, 3.05) is 13.1 Å². The topological polar surface area (TPSA) is 61.8 Å². The first-order valence-electron chi connectivity index (χ1n) is 11.1. The number of hydrogen-bond donors (Lipinski definition) is 2. The van der Waals surface area contributed by atoms with Gasteiger partial charge in [-0.15, -0.1) is 0 Å². The Balaban J connectivity index is 1.26. The number of nitrogens with one attached hydrogen (secondary N) is 1. The Morgan fingerprint density at radius 2 is 1.89 bits per heavy atom. The number of amides is 1. The van der Waals surface area contributed by atoms with Crippen molar-refractivity contribution in [1.29, 1.82) is 0 Å². The molecular formula is C23H34N2O3. The second-order valence-corrected chi connectivity index (χ2v) is 8.75. The Hall–Kier alpha value is -1.43. The summed E-state index contributed by atoms with van der Waals surface area (Å²) >= 11 is 0. The Bertz CT molecular complexity index is 659. The van der Waals surface area contributed by atoms with Crippen LogP contribution < -0.4 is 5.32 Å². The van der Waals surface area contributed by atoms with Crippen LogP contribution in [0.15, 0.2) is 24.3 Å². The van der Waals surface area contributed by atoms with E-state index >= 15 is 0 Å². The minimum atomic E-state index is -0.706. The molecule has 28 heavy (non-hydrogen) atoms. The summed E-state index contributed by atoms with van der Waals surface area (Å²) < 4.78 is 6.07. The van der Waals surface area contributed by atoms with Crippen LogP contribution in [0, 0.1) is 0 Å². The van der Waals surface area contributed by atoms with Crippen molar-refractivity contribution in [3.05, 3.63) is 35.4 Å². The van der Waals surface area contributed by atoms with Gasteiger partial charge in [-0.2, -0.15) is 0 Å². The van der Waals surface area contributed by atoms with E-state index in [1.54, 1.807) is 0 Å². The Kier molecular flexibility index (Phi) is 6.65. The number of aliphatic hydroxyl groups excluding tert-OH is 1. The van der Waals surface area contributed by atoms with Crippen LogP contribution in [0.5, 0.6) is 0 Å². The SMILES string of the molecule is O=C(NC1CCCCC1)[C@H]1O[C@@H](CCN2CCc3ccccc3C2)CC[C@@H]1O. The number of benzene rings is 1. The molecule has 1 saturated carbocycles. The van der Waals surface area contributed by atoms with Crippen LogP contribution in [0.4, 0.5) is 0 Å². The average Bonchev–Trinajstić information content (AvgIpc) is 2.73. The third-order valence-corrected chi connectivity index (χ3v) is 6.66. The van der Waals surface area contributed by atoms with Gasteiger partial charge in [0.15, 0.2) is 6.10 Å². The van der Waals surface area contributed by atoms with E-state index in [2.05, 4.69) is 34.5 Å². The molecule has 5 nitrogen and oxygen atoms in total. The largest absolute Gasteiger partial charge is 0.390 e. The predicted molar refractivity (Wildman–Crippen MR) is 109 cm³/mol. The molecule has 3 atom stereocenters. The summed E-state index contributed by atoms with van der Waals surface area (Å²) in [6, 6.07) is 8.94. The Morgan fingerprint density at radius 3 is 2.71 bits per heavy atom. The zero-order valence-electron chi connectivity index (χ0n) is 16.8. The lowest BCUT2D eigenvalue weighted by molar-refractivity contribution is -0.159. The van der Waals surface area contributed by atoms with Crippen molar-refractivity contribution >= 4 is 5.91 Å². The van der Waals surface area contributed by atoms with Gasteiger partial charge in [-0.25, -0.2) is 0 Å². The van der Waals surface area contributed by atoms with E-state index in [4.69, 9.17) is 4.74 Å². The first-order valence-corrected chi connectivity index (χ1v) is 11.1. The van der Waals surface area contributed by atoms with E-state index in [0.29, 0.717) is 6.42 Å². The van der Waals surface area contributed by atoms with Crippen molar-refractivity contribution in [3.8, 4) is 0 Å². The highest BCUT2D eigenvalue weighted by atomic mass is 16.5. The molecule has 5 heteroatoms. The lowest BCUT2D eigenvalue weighted by Crippen LogP contribution is -2.52. The van der Waals surface area contributed by atoms with Gasteiger partial charge in [-0.3, -0.25) is 9.69 Å². The van der Waals surface area contributed by atoms with E-state index in [1.807, 2.05) is 0 Å². The number of carbonyl (C=O) groups is 1. The monoisotopic (exact) mass is 386 g/mol. The number of rotatable bonds is 5. The second-order valence-electron chi connectivity index (χ2n) is 8.75. The maximum absolute atomic E-state index is 12.7. The second kappa shape index (κ2) is 9.38. The zero-order valence-corrected chi connectivity index (χ0v) is 16.8. The number of ether oxygens (including phenoxy) is 1. The highest BCUT2D eigenvalue weighted by Crippen LogP contribution is 2.25. The first-order chi connectivity index (χ1) is 13.7. The maximum Gasteiger partial charge on any atom is 0.252 e. The highest BCUT2D eigenvalue weighted by molar-refractivity contribution is 5.81. The van der Waals surface area contributed by atoms with Crippen LogP contribution in [-0.2, 0) is 22.5 Å². The third-order valence-electron chi connectivity index (χ3n) is 6.66. The molecule has 0 unspecified atom stereocenters. The number of fused-ring (bicyclic) bond motifs is 1. The summed E-state index contributed by atoms with van der Waals surface area (Å²) in [6.45, 7) is 3.06. The molecular weight excluding hydrogens is 352 g/mol. The standard InChI is InChI=1S/C23H34N2O3/c26-21-11-10-20(28-22(21)23(27)24-19-8-2-1-3-9-19)13-15-25-14-12-17-6-4-5-7-18(17)16-25/h4-7,19-22,26H,1-3,8-16H2,(H,24,27)/t20-,21+,22+/m1/s1. The van der Waals surface area contributed by atoms with Gasteiger partial charge in [0.05, 0.1) is 12.2 Å². The quantitative estimate of drug-likeness (QED) is 0.817. The van der Waals surface area contributed by atoms with Crippen molar-refractivity contribution in [1.82, 2.24) is 10.2 Å². The number of aliphatic hydroxyl groups is 1. The van der Waals surface area contributed by atoms with Crippen LogP contribution in [0.3, 0.4) is 0 Å². The molecule has 154 valence electrons. The lowest BCUT2D eigenvalue weighted by atomic mass is 9.94. The first kappa shape index (κ1) is 19.9. The van der Waals surface area contributed by atoms with Gasteiger partial charge >= 0.3 is 0 Å². The zero-order chi connectivity index (χ0) is 19.3. The molecule has 1 saturated heterocycles. The van der Waals surface area contributed by atoms with Crippen LogP contribution in [0.2, 0.25) is 0 Å². The fraction of sp³-hybridized carbons (Fsp3) is 0.696. The Labute approximate surface area is 168 Å². The van der Waals surface area contributed by atoms with Gasteiger partial charge in [0.25, 0.3) is 5.91 Å². The molecule has 3 aliphatic rings. The molecule has 1 aromatic carbocycles. The van der Waals surface area contributed by atoms with Gasteiger partial charge in [-0.05, 0) is 49.7 Å². The maximum atomic E-state index is 12.7. The van der Waals surface area contributed by atoms with Crippen molar-refractivity contribution in [2.45, 2.75) is 88.7 Å². The molecule has 2 N–H and O–H groups in total. The Morgan fingerprint density at radius 1 is 1.11 bits per heavy atom. The van der Waals surface area contributed by atoms with E-state index in [9.17, 15) is 9.90 Å². The molecule has 0 spiro atoms. The van der Waals surface area contributed by atoms with Crippen LogP contribution in [0.1, 0.15) is 62.5 Å². The van der Waals surface area contributed by atoms with E-state index in [1.165, 1.54) is 30.4 Å². The van der Waals surface area contributed by atoms with Gasteiger partial charge in [0, 0.05) is 25.7 Å². The van der Waals surface area contributed by atoms with Gasteiger partial charge < -0.3 is 15.2 Å². The molecule has 0 aromatic heterocycles. The van der Waals surface area contributed by atoms with Crippen LogP contribution >= 0.6 is 0 Å². The van der Waals surface area contributed by atoms with Gasteiger partial charge in [0.1, 0.15) is 0 Å². The summed E-state index contributed by atoms with van der Waals surface area (Å²) in [7, 11) is 0. The molecule has 1 amide bonds. The number of hydrogen-bond acceptors (Lipinski definition) is 4. The van der Waals surface area contributed by atoms with E-state index in [0.717, 1.165) is 51.7 Å². The summed E-state index contributed by atoms with van der Waals surface area (Å²) in [5.41, 5.74) is 2.90. The van der Waals surface area contributed by atoms with Crippen molar-refractivity contribution in [3.63, 3.8) is 0 Å².